The fraction of sp³-hybridized carbons (Fsp3) is 0.250. The van der Waals surface area contributed by atoms with Crippen LogP contribution in [0.25, 0.3) is 5.69 Å². The molecule has 0 fully saturated rings. The second-order valence-electron chi connectivity index (χ2n) is 3.74. The fourth-order valence-corrected chi connectivity index (χ4v) is 1.57. The van der Waals surface area contributed by atoms with Crippen molar-refractivity contribution in [2.45, 2.75) is 13.8 Å². The summed E-state index contributed by atoms with van der Waals surface area (Å²) in [5.74, 6) is -0.276. The molecule has 0 saturated carbocycles. The lowest BCUT2D eigenvalue weighted by atomic mass is 10.2. The molecule has 90 valence electrons. The first-order chi connectivity index (χ1) is 8.11. The fourth-order valence-electron chi connectivity index (χ4n) is 1.57. The minimum Gasteiger partial charge on any atom is -0.491 e. The first-order valence-corrected chi connectivity index (χ1v) is 5.35. The largest absolute Gasteiger partial charge is 0.491 e. The van der Waals surface area contributed by atoms with Gasteiger partial charge in [-0.05, 0) is 19.4 Å². The van der Waals surface area contributed by atoms with Gasteiger partial charge in [-0.1, -0.05) is 0 Å². The number of anilines is 1. The van der Waals surface area contributed by atoms with Crippen LogP contribution < -0.4 is 10.5 Å². The van der Waals surface area contributed by atoms with E-state index in [1.165, 1.54) is 6.07 Å². The summed E-state index contributed by atoms with van der Waals surface area (Å²) in [6.07, 6.45) is 3.53. The zero-order valence-corrected chi connectivity index (χ0v) is 9.77. The van der Waals surface area contributed by atoms with Gasteiger partial charge in [-0.3, -0.25) is 0 Å². The molecule has 0 aliphatic rings. The van der Waals surface area contributed by atoms with E-state index in [1.54, 1.807) is 23.9 Å². The number of aromatic nitrogens is 2. The van der Waals surface area contributed by atoms with Gasteiger partial charge in [0.05, 0.1) is 24.2 Å². The molecule has 5 heteroatoms. The van der Waals surface area contributed by atoms with Crippen molar-refractivity contribution in [2.75, 3.05) is 12.3 Å². The minimum atomic E-state index is -0.461. The Morgan fingerprint density at radius 1 is 1.47 bits per heavy atom. The van der Waals surface area contributed by atoms with Crippen LogP contribution in [0.1, 0.15) is 12.5 Å². The summed E-state index contributed by atoms with van der Waals surface area (Å²) >= 11 is 0. The molecule has 2 rings (SSSR count). The maximum Gasteiger partial charge on any atom is 0.167 e. The van der Waals surface area contributed by atoms with Crippen LogP contribution in [0.4, 0.5) is 10.1 Å². The summed E-state index contributed by atoms with van der Waals surface area (Å²) in [4.78, 5) is 0. The van der Waals surface area contributed by atoms with Gasteiger partial charge in [0.2, 0.25) is 0 Å². The van der Waals surface area contributed by atoms with Crippen LogP contribution in [0.3, 0.4) is 0 Å². The van der Waals surface area contributed by atoms with Crippen molar-refractivity contribution in [3.63, 3.8) is 0 Å². The number of halogens is 1. The van der Waals surface area contributed by atoms with E-state index in [9.17, 15) is 4.39 Å². The van der Waals surface area contributed by atoms with Gasteiger partial charge in [0.25, 0.3) is 0 Å². The van der Waals surface area contributed by atoms with Gasteiger partial charge in [-0.2, -0.15) is 5.10 Å². The highest BCUT2D eigenvalue weighted by Crippen LogP contribution is 2.26. The third-order valence-electron chi connectivity index (χ3n) is 2.34. The Hall–Kier alpha value is -2.04. The molecular formula is C12H14FN3O. The summed E-state index contributed by atoms with van der Waals surface area (Å²) < 4.78 is 20.3. The van der Waals surface area contributed by atoms with Gasteiger partial charge < -0.3 is 10.5 Å². The highest BCUT2D eigenvalue weighted by atomic mass is 19.1. The second-order valence-corrected chi connectivity index (χ2v) is 3.74. The highest BCUT2D eigenvalue weighted by molar-refractivity contribution is 5.60. The normalized spacial score (nSPS) is 10.5. The number of aryl methyl sites for hydroxylation is 1. The molecule has 4 nitrogen and oxygen atoms in total. The van der Waals surface area contributed by atoms with Crippen LogP contribution >= 0.6 is 0 Å². The maximum absolute atomic E-state index is 13.5. The Labute approximate surface area is 98.8 Å². The molecule has 0 spiro atoms. The van der Waals surface area contributed by atoms with Crippen LogP contribution in [0, 0.1) is 12.7 Å². The summed E-state index contributed by atoms with van der Waals surface area (Å²) in [6.45, 7) is 4.12. The van der Waals surface area contributed by atoms with Crippen molar-refractivity contribution < 1.29 is 9.13 Å². The lowest BCUT2D eigenvalue weighted by Crippen LogP contribution is -2.03. The van der Waals surface area contributed by atoms with Gasteiger partial charge in [0, 0.05) is 18.3 Å². The Morgan fingerprint density at radius 3 is 2.82 bits per heavy atom. The van der Waals surface area contributed by atoms with Gasteiger partial charge in [0.15, 0.2) is 11.6 Å². The molecule has 17 heavy (non-hydrogen) atoms. The number of nitrogens with two attached hydrogens (primary N) is 1. The Kier molecular flexibility index (Phi) is 2.99. The Balaban J connectivity index is 2.50. The molecule has 0 radical (unpaired) electrons. The van der Waals surface area contributed by atoms with Gasteiger partial charge >= 0.3 is 0 Å². The SMILES string of the molecule is CCOc1cc(-n2cc(C)cn2)c(N)cc1F. The topological polar surface area (TPSA) is 53.1 Å². The lowest BCUT2D eigenvalue weighted by Gasteiger charge is -2.10. The molecule has 0 aliphatic heterocycles. The van der Waals surface area contributed by atoms with Crippen molar-refractivity contribution in [3.05, 3.63) is 35.9 Å². The van der Waals surface area contributed by atoms with E-state index in [2.05, 4.69) is 5.10 Å². The number of rotatable bonds is 3. The van der Waals surface area contributed by atoms with Crippen LogP contribution in [0.15, 0.2) is 24.5 Å². The van der Waals surface area contributed by atoms with Crippen molar-refractivity contribution >= 4 is 5.69 Å². The van der Waals surface area contributed by atoms with E-state index in [0.717, 1.165) is 5.56 Å². The number of hydrogen-bond acceptors (Lipinski definition) is 3. The molecule has 0 bridgehead atoms. The third kappa shape index (κ3) is 2.22. The van der Waals surface area contributed by atoms with E-state index < -0.39 is 5.82 Å². The first-order valence-electron chi connectivity index (χ1n) is 5.35. The van der Waals surface area contributed by atoms with Gasteiger partial charge in [-0.15, -0.1) is 0 Å². The van der Waals surface area contributed by atoms with Crippen LogP contribution in [0.2, 0.25) is 0 Å². The molecule has 1 aromatic heterocycles. The van der Waals surface area contributed by atoms with Crippen LogP contribution in [0.5, 0.6) is 5.75 Å². The number of ether oxygens (including phenoxy) is 1. The second kappa shape index (κ2) is 4.45. The Bertz CT molecular complexity index is 537. The average Bonchev–Trinajstić information content (AvgIpc) is 2.69. The molecule has 1 heterocycles. The Morgan fingerprint density at radius 2 is 2.24 bits per heavy atom. The molecular weight excluding hydrogens is 221 g/mol. The molecule has 2 N–H and O–H groups in total. The highest BCUT2D eigenvalue weighted by Gasteiger charge is 2.10. The first kappa shape index (κ1) is 11.4. The predicted molar refractivity (Wildman–Crippen MR) is 63.8 cm³/mol. The van der Waals surface area contributed by atoms with Crippen molar-refractivity contribution in [3.8, 4) is 11.4 Å². The van der Waals surface area contributed by atoms with E-state index in [1.807, 2.05) is 13.1 Å². The predicted octanol–water partition coefficient (Wildman–Crippen LogP) is 2.30. The van der Waals surface area contributed by atoms with E-state index in [-0.39, 0.29) is 5.75 Å². The van der Waals surface area contributed by atoms with Crippen LogP contribution in [-0.2, 0) is 0 Å². The molecule has 1 aromatic carbocycles. The summed E-state index contributed by atoms with van der Waals surface area (Å²) in [6, 6.07) is 2.80. The minimum absolute atomic E-state index is 0.185. The zero-order chi connectivity index (χ0) is 12.4. The number of nitrogens with zero attached hydrogens (tertiary/aromatic N) is 2. The number of benzene rings is 1. The van der Waals surface area contributed by atoms with Gasteiger partial charge in [-0.25, -0.2) is 9.07 Å². The quantitative estimate of drug-likeness (QED) is 0.830. The molecule has 0 amide bonds. The monoisotopic (exact) mass is 235 g/mol. The zero-order valence-electron chi connectivity index (χ0n) is 9.77. The van der Waals surface area contributed by atoms with Gasteiger partial charge in [0.1, 0.15) is 0 Å². The van der Waals surface area contributed by atoms with E-state index in [0.29, 0.717) is 18.0 Å². The van der Waals surface area contributed by atoms with Crippen molar-refractivity contribution in [2.24, 2.45) is 0 Å². The third-order valence-corrected chi connectivity index (χ3v) is 2.34. The molecule has 0 saturated heterocycles. The van der Waals surface area contributed by atoms with E-state index >= 15 is 0 Å². The maximum atomic E-state index is 13.5. The van der Waals surface area contributed by atoms with E-state index in [4.69, 9.17) is 10.5 Å². The summed E-state index contributed by atoms with van der Waals surface area (Å²) in [5.41, 5.74) is 7.72. The lowest BCUT2D eigenvalue weighted by molar-refractivity contribution is 0.321. The standard InChI is InChI=1S/C12H14FN3O/c1-3-17-12-5-11(10(14)4-9(12)13)16-7-8(2)6-15-16/h4-7H,3,14H2,1-2H3. The van der Waals surface area contributed by atoms with Crippen molar-refractivity contribution in [1.29, 1.82) is 0 Å². The summed E-state index contributed by atoms with van der Waals surface area (Å²) in [7, 11) is 0. The molecule has 0 aliphatic carbocycles. The van der Waals surface area contributed by atoms with Crippen LogP contribution in [-0.4, -0.2) is 16.4 Å². The molecule has 0 atom stereocenters. The molecule has 0 unspecified atom stereocenters. The van der Waals surface area contributed by atoms with Crippen molar-refractivity contribution in [1.82, 2.24) is 9.78 Å². The molecule has 2 aromatic rings. The summed E-state index contributed by atoms with van der Waals surface area (Å²) in [5, 5.41) is 4.14. The number of nitrogen functional groups attached to an aromatic ring is 1. The smallest absolute Gasteiger partial charge is 0.167 e. The number of hydrogen-bond donors (Lipinski definition) is 1. The average molecular weight is 235 g/mol.